The van der Waals surface area contributed by atoms with Crippen LogP contribution in [0.3, 0.4) is 0 Å². The molecule has 0 heterocycles. The van der Waals surface area contributed by atoms with Crippen molar-refractivity contribution in [3.63, 3.8) is 0 Å². The summed E-state index contributed by atoms with van der Waals surface area (Å²) in [6.07, 6.45) is -3.26. The highest BCUT2D eigenvalue weighted by atomic mass is 19.4. The second kappa shape index (κ2) is 15.5. The summed E-state index contributed by atoms with van der Waals surface area (Å²) in [4.78, 5) is 38.3. The van der Waals surface area contributed by atoms with E-state index in [0.717, 1.165) is 18.2 Å². The van der Waals surface area contributed by atoms with Gasteiger partial charge in [-0.25, -0.2) is 10.2 Å². The lowest BCUT2D eigenvalue weighted by atomic mass is 10.1. The number of esters is 1. The molecule has 0 saturated carbocycles. The Balaban J connectivity index is 1.43. The summed E-state index contributed by atoms with van der Waals surface area (Å²) >= 11 is 0. The molecule has 0 aliphatic rings. The van der Waals surface area contributed by atoms with Crippen LogP contribution in [0.1, 0.15) is 49.1 Å². The number of nitrogens with one attached hydrogen (secondary N) is 2. The third kappa shape index (κ3) is 8.60. The topological polar surface area (TPSA) is 134 Å². The van der Waals surface area contributed by atoms with Gasteiger partial charge in [0.15, 0.2) is 23.0 Å². The van der Waals surface area contributed by atoms with Crippen molar-refractivity contribution in [2.45, 2.75) is 13.1 Å². The molecule has 0 atom stereocenters. The number of ether oxygens (including phenoxy) is 5. The highest BCUT2D eigenvalue weighted by Gasteiger charge is 2.31. The third-order valence-electron chi connectivity index (χ3n) is 6.59. The maximum atomic E-state index is 13.0. The minimum atomic E-state index is -4.60. The SMILES string of the molecule is CCOc1cc(C=NNC(=O)c2cccc(NC(=O)c3cccc(C(F)(F)F)c3)c2)ccc1OC(=O)c1cc(OC)c(OC)c(OC)c1. The molecule has 0 spiro atoms. The number of carbonyl (C=O) groups is 3. The first-order valence-corrected chi connectivity index (χ1v) is 14.2. The summed E-state index contributed by atoms with van der Waals surface area (Å²) in [6.45, 7) is 2.01. The van der Waals surface area contributed by atoms with Gasteiger partial charge in [0.25, 0.3) is 11.8 Å². The Bertz CT molecular complexity index is 1820. The van der Waals surface area contributed by atoms with E-state index in [9.17, 15) is 27.6 Å². The van der Waals surface area contributed by atoms with Crippen LogP contribution in [-0.2, 0) is 6.18 Å². The van der Waals surface area contributed by atoms with Gasteiger partial charge < -0.3 is 29.0 Å². The number of carbonyl (C=O) groups excluding carboxylic acids is 3. The molecule has 48 heavy (non-hydrogen) atoms. The Morgan fingerprint density at radius 1 is 0.750 bits per heavy atom. The second-order valence-electron chi connectivity index (χ2n) is 9.76. The van der Waals surface area contributed by atoms with Crippen molar-refractivity contribution in [3.05, 3.63) is 107 Å². The van der Waals surface area contributed by atoms with Crippen molar-refractivity contribution in [2.24, 2.45) is 5.10 Å². The fourth-order valence-corrected chi connectivity index (χ4v) is 4.32. The fraction of sp³-hybridized carbons (Fsp3) is 0.176. The lowest BCUT2D eigenvalue weighted by Crippen LogP contribution is -2.18. The summed E-state index contributed by atoms with van der Waals surface area (Å²) < 4.78 is 66.2. The number of nitrogens with zero attached hydrogens (tertiary/aromatic N) is 1. The summed E-state index contributed by atoms with van der Waals surface area (Å²) in [6, 6.07) is 17.3. The monoisotopic (exact) mass is 665 g/mol. The van der Waals surface area contributed by atoms with Gasteiger partial charge in [0.05, 0.1) is 45.3 Å². The van der Waals surface area contributed by atoms with Crippen LogP contribution in [0, 0.1) is 0 Å². The first-order chi connectivity index (χ1) is 23.0. The zero-order valence-electron chi connectivity index (χ0n) is 26.1. The maximum absolute atomic E-state index is 13.0. The molecule has 0 fully saturated rings. The third-order valence-corrected chi connectivity index (χ3v) is 6.59. The van der Waals surface area contributed by atoms with Crippen LogP contribution in [0.2, 0.25) is 0 Å². The van der Waals surface area contributed by atoms with Crippen LogP contribution in [0.4, 0.5) is 18.9 Å². The zero-order chi connectivity index (χ0) is 34.8. The van der Waals surface area contributed by atoms with Gasteiger partial charge in [-0.05, 0) is 79.2 Å². The zero-order valence-corrected chi connectivity index (χ0v) is 26.1. The van der Waals surface area contributed by atoms with Gasteiger partial charge in [0, 0.05) is 16.8 Å². The van der Waals surface area contributed by atoms with E-state index >= 15 is 0 Å². The summed E-state index contributed by atoms with van der Waals surface area (Å²) in [7, 11) is 4.29. The lowest BCUT2D eigenvalue weighted by molar-refractivity contribution is -0.137. The van der Waals surface area contributed by atoms with E-state index in [1.165, 1.54) is 76.1 Å². The van der Waals surface area contributed by atoms with E-state index in [1.54, 1.807) is 19.1 Å². The molecule has 0 bridgehead atoms. The van der Waals surface area contributed by atoms with E-state index < -0.39 is 29.5 Å². The van der Waals surface area contributed by atoms with Crippen molar-refractivity contribution < 1.29 is 51.2 Å². The Kier molecular flexibility index (Phi) is 11.2. The molecule has 4 aromatic rings. The molecular formula is C34H30F3N3O8. The van der Waals surface area contributed by atoms with Crippen molar-refractivity contribution >= 4 is 29.7 Å². The average Bonchev–Trinajstić information content (AvgIpc) is 3.08. The number of alkyl halides is 3. The Labute approximate surface area is 273 Å². The summed E-state index contributed by atoms with van der Waals surface area (Å²) in [5, 5.41) is 6.45. The molecule has 4 aromatic carbocycles. The van der Waals surface area contributed by atoms with E-state index in [0.29, 0.717) is 11.3 Å². The Morgan fingerprint density at radius 2 is 1.42 bits per heavy atom. The van der Waals surface area contributed by atoms with Gasteiger partial charge >= 0.3 is 12.1 Å². The second-order valence-corrected chi connectivity index (χ2v) is 9.76. The van der Waals surface area contributed by atoms with E-state index in [-0.39, 0.29) is 52.0 Å². The van der Waals surface area contributed by atoms with Crippen LogP contribution in [0.15, 0.2) is 84.0 Å². The minimum absolute atomic E-state index is 0.123. The molecule has 14 heteroatoms. The number of hydrazone groups is 1. The summed E-state index contributed by atoms with van der Waals surface area (Å²) in [5.41, 5.74) is 2.16. The smallest absolute Gasteiger partial charge is 0.416 e. The van der Waals surface area contributed by atoms with Gasteiger partial charge in [-0.3, -0.25) is 9.59 Å². The number of amides is 2. The molecule has 0 unspecified atom stereocenters. The number of anilines is 1. The van der Waals surface area contributed by atoms with E-state index in [1.807, 2.05) is 0 Å². The summed E-state index contributed by atoms with van der Waals surface area (Å²) in [5.74, 6) is -0.892. The lowest BCUT2D eigenvalue weighted by Gasteiger charge is -2.15. The van der Waals surface area contributed by atoms with Gasteiger partial charge in [-0.2, -0.15) is 18.3 Å². The number of methoxy groups -OCH3 is 3. The van der Waals surface area contributed by atoms with E-state index in [2.05, 4.69) is 15.8 Å². The molecule has 11 nitrogen and oxygen atoms in total. The Morgan fingerprint density at radius 3 is 2.04 bits per heavy atom. The molecule has 2 amide bonds. The molecule has 2 N–H and O–H groups in total. The van der Waals surface area contributed by atoms with Crippen molar-refractivity contribution in [1.82, 2.24) is 5.43 Å². The molecule has 0 aliphatic heterocycles. The van der Waals surface area contributed by atoms with Crippen molar-refractivity contribution in [3.8, 4) is 28.7 Å². The first kappa shape index (κ1) is 34.8. The van der Waals surface area contributed by atoms with Crippen LogP contribution in [-0.4, -0.2) is 51.9 Å². The highest BCUT2D eigenvalue weighted by molar-refractivity contribution is 6.05. The van der Waals surface area contributed by atoms with Crippen LogP contribution in [0.5, 0.6) is 28.7 Å². The average molecular weight is 666 g/mol. The molecule has 0 radical (unpaired) electrons. The fourth-order valence-electron chi connectivity index (χ4n) is 4.32. The number of hydrogen-bond donors (Lipinski definition) is 2. The largest absolute Gasteiger partial charge is 0.493 e. The maximum Gasteiger partial charge on any atom is 0.416 e. The van der Waals surface area contributed by atoms with Gasteiger partial charge in [-0.1, -0.05) is 12.1 Å². The normalized spacial score (nSPS) is 11.1. The number of hydrogen-bond acceptors (Lipinski definition) is 9. The molecule has 0 aliphatic carbocycles. The van der Waals surface area contributed by atoms with E-state index in [4.69, 9.17) is 23.7 Å². The van der Waals surface area contributed by atoms with Crippen molar-refractivity contribution in [2.75, 3.05) is 33.3 Å². The van der Waals surface area contributed by atoms with Crippen LogP contribution in [0.25, 0.3) is 0 Å². The molecule has 0 saturated heterocycles. The van der Waals surface area contributed by atoms with Gasteiger partial charge in [-0.15, -0.1) is 0 Å². The first-order valence-electron chi connectivity index (χ1n) is 14.2. The standard InChI is InChI=1S/C34H30F3N3O8/c1-5-47-27-14-20(12-13-26(27)48-33(43)23-17-28(44-2)30(46-4)29(18-23)45-3)19-38-40-32(42)22-9-7-11-25(16-22)39-31(41)21-8-6-10-24(15-21)34(35,36)37/h6-19H,5H2,1-4H3,(H,39,41)(H,40,42). The van der Waals surface area contributed by atoms with Crippen molar-refractivity contribution in [1.29, 1.82) is 0 Å². The number of halogens is 3. The molecule has 4 rings (SSSR count). The molecule has 0 aromatic heterocycles. The van der Waals surface area contributed by atoms with Crippen LogP contribution < -0.4 is 34.4 Å². The van der Waals surface area contributed by atoms with Gasteiger partial charge in [0.2, 0.25) is 5.75 Å². The number of rotatable bonds is 12. The predicted octanol–water partition coefficient (Wildman–Crippen LogP) is 6.37. The molecule has 250 valence electrons. The number of benzene rings is 4. The Hall–Kier alpha value is -6.05. The minimum Gasteiger partial charge on any atom is -0.493 e. The molecular weight excluding hydrogens is 635 g/mol. The van der Waals surface area contributed by atoms with Gasteiger partial charge in [0.1, 0.15) is 0 Å². The predicted molar refractivity (Wildman–Crippen MR) is 170 cm³/mol. The highest BCUT2D eigenvalue weighted by Crippen LogP contribution is 2.39. The quantitative estimate of drug-likeness (QED) is 0.0773. The van der Waals surface area contributed by atoms with Crippen LogP contribution >= 0.6 is 0 Å².